The van der Waals surface area contributed by atoms with Gasteiger partial charge >= 0.3 is 0 Å². The lowest BCUT2D eigenvalue weighted by Crippen LogP contribution is -2.43. The summed E-state index contributed by atoms with van der Waals surface area (Å²) in [5.41, 5.74) is 0. The fourth-order valence-corrected chi connectivity index (χ4v) is 4.39. The van der Waals surface area contributed by atoms with Crippen molar-refractivity contribution >= 4 is 5.84 Å². The standard InChI is InChI=1S/C20H29F2N3O/c1-14(26-17-5-3-6-17)18-7-4-8-19-23-24(15(2)25(18)19)13-16-9-11-20(21,22)12-10-16/h16-18H,1-13H2. The third-order valence-corrected chi connectivity index (χ3v) is 6.29. The van der Waals surface area contributed by atoms with E-state index in [1.54, 1.807) is 0 Å². The van der Waals surface area contributed by atoms with Crippen LogP contribution in [-0.2, 0) is 4.74 Å². The van der Waals surface area contributed by atoms with Crippen molar-refractivity contribution in [3.8, 4) is 0 Å². The molecule has 6 heteroatoms. The number of ether oxygens (including phenoxy) is 1. The SMILES string of the molecule is C=C(OC1CCC1)C1CCCC2=NN(CC3CCC(F)(F)CC3)C(=C)N21. The Morgan fingerprint density at radius 2 is 1.88 bits per heavy atom. The fourth-order valence-electron chi connectivity index (χ4n) is 4.39. The van der Waals surface area contributed by atoms with Crippen molar-refractivity contribution in [1.82, 2.24) is 9.91 Å². The topological polar surface area (TPSA) is 28.1 Å². The molecule has 4 rings (SSSR count). The van der Waals surface area contributed by atoms with E-state index in [9.17, 15) is 8.78 Å². The third kappa shape index (κ3) is 3.47. The number of hydrogen-bond acceptors (Lipinski definition) is 4. The Balaban J connectivity index is 1.39. The summed E-state index contributed by atoms with van der Waals surface area (Å²) in [6.07, 6.45) is 7.87. The lowest BCUT2D eigenvalue weighted by Gasteiger charge is -2.38. The Hall–Kier alpha value is -1.59. The number of alkyl halides is 2. The first-order valence-electron chi connectivity index (χ1n) is 9.99. The first-order valence-corrected chi connectivity index (χ1v) is 9.99. The predicted molar refractivity (Wildman–Crippen MR) is 97.5 cm³/mol. The molecule has 26 heavy (non-hydrogen) atoms. The van der Waals surface area contributed by atoms with Crippen LogP contribution in [0.25, 0.3) is 0 Å². The van der Waals surface area contributed by atoms with Crippen molar-refractivity contribution in [2.75, 3.05) is 6.54 Å². The largest absolute Gasteiger partial charge is 0.493 e. The van der Waals surface area contributed by atoms with E-state index in [-0.39, 0.29) is 24.8 Å². The molecule has 0 N–H and O–H groups in total. The van der Waals surface area contributed by atoms with Gasteiger partial charge in [-0.25, -0.2) is 13.8 Å². The van der Waals surface area contributed by atoms with Crippen LogP contribution in [0.1, 0.15) is 64.2 Å². The minimum absolute atomic E-state index is 0.00702. The van der Waals surface area contributed by atoms with Crippen molar-refractivity contribution in [2.24, 2.45) is 11.0 Å². The number of nitrogens with zero attached hydrogens (tertiary/aromatic N) is 3. The van der Waals surface area contributed by atoms with Crippen LogP contribution in [0.3, 0.4) is 0 Å². The molecule has 2 saturated carbocycles. The number of hydrazone groups is 1. The summed E-state index contributed by atoms with van der Waals surface area (Å²) in [7, 11) is 0. The summed E-state index contributed by atoms with van der Waals surface area (Å²) < 4.78 is 32.9. The summed E-state index contributed by atoms with van der Waals surface area (Å²) in [5, 5.41) is 6.69. The van der Waals surface area contributed by atoms with E-state index < -0.39 is 5.92 Å². The van der Waals surface area contributed by atoms with Crippen LogP contribution in [0.4, 0.5) is 8.78 Å². The van der Waals surface area contributed by atoms with Gasteiger partial charge in [-0.2, -0.15) is 5.10 Å². The average molecular weight is 365 g/mol. The van der Waals surface area contributed by atoms with Crippen LogP contribution in [0.5, 0.6) is 0 Å². The minimum Gasteiger partial charge on any atom is -0.493 e. The minimum atomic E-state index is -2.48. The molecule has 1 unspecified atom stereocenters. The predicted octanol–water partition coefficient (Wildman–Crippen LogP) is 4.85. The van der Waals surface area contributed by atoms with Gasteiger partial charge < -0.3 is 9.64 Å². The van der Waals surface area contributed by atoms with Gasteiger partial charge in [0.1, 0.15) is 17.4 Å². The van der Waals surface area contributed by atoms with Gasteiger partial charge in [-0.15, -0.1) is 0 Å². The van der Waals surface area contributed by atoms with E-state index in [2.05, 4.69) is 18.1 Å². The fraction of sp³-hybridized carbons (Fsp3) is 0.750. The molecule has 1 saturated heterocycles. The van der Waals surface area contributed by atoms with Crippen molar-refractivity contribution < 1.29 is 13.5 Å². The quantitative estimate of drug-likeness (QED) is 0.652. The van der Waals surface area contributed by atoms with Crippen molar-refractivity contribution in [3.63, 3.8) is 0 Å². The maximum atomic E-state index is 13.4. The van der Waals surface area contributed by atoms with Crippen LogP contribution in [0.15, 0.2) is 29.8 Å². The van der Waals surface area contributed by atoms with Gasteiger partial charge in [-0.05, 0) is 50.9 Å². The highest BCUT2D eigenvalue weighted by Gasteiger charge is 2.41. The van der Waals surface area contributed by atoms with E-state index in [4.69, 9.17) is 9.84 Å². The highest BCUT2D eigenvalue weighted by atomic mass is 19.3. The summed E-state index contributed by atoms with van der Waals surface area (Å²) in [6, 6.07) is 0.0938. The van der Waals surface area contributed by atoms with Crippen LogP contribution in [0, 0.1) is 5.92 Å². The molecule has 2 heterocycles. The summed E-state index contributed by atoms with van der Waals surface area (Å²) >= 11 is 0. The zero-order valence-corrected chi connectivity index (χ0v) is 15.4. The zero-order chi connectivity index (χ0) is 18.3. The molecule has 4 aliphatic rings. The smallest absolute Gasteiger partial charge is 0.248 e. The molecular weight excluding hydrogens is 336 g/mol. The van der Waals surface area contributed by atoms with Gasteiger partial charge in [0, 0.05) is 25.8 Å². The highest BCUT2D eigenvalue weighted by molar-refractivity contribution is 5.86. The first-order chi connectivity index (χ1) is 12.4. The Kier molecular flexibility index (Phi) is 4.70. The van der Waals surface area contributed by atoms with Crippen molar-refractivity contribution in [3.05, 3.63) is 24.7 Å². The Labute approximate surface area is 154 Å². The number of amidine groups is 1. The molecule has 144 valence electrons. The molecule has 0 aromatic heterocycles. The number of fused-ring (bicyclic) bond motifs is 1. The summed E-state index contributed by atoms with van der Waals surface area (Å²) in [5.74, 6) is 0.461. The van der Waals surface area contributed by atoms with Gasteiger partial charge in [-0.1, -0.05) is 13.2 Å². The van der Waals surface area contributed by atoms with E-state index in [0.29, 0.717) is 25.5 Å². The van der Waals surface area contributed by atoms with Crippen LogP contribution >= 0.6 is 0 Å². The van der Waals surface area contributed by atoms with Crippen molar-refractivity contribution in [1.29, 1.82) is 0 Å². The van der Waals surface area contributed by atoms with Crippen LogP contribution in [-0.4, -0.2) is 40.4 Å². The monoisotopic (exact) mass is 365 g/mol. The van der Waals surface area contributed by atoms with E-state index in [1.165, 1.54) is 6.42 Å². The average Bonchev–Trinajstić information content (AvgIpc) is 2.89. The molecule has 3 fully saturated rings. The van der Waals surface area contributed by atoms with Crippen LogP contribution in [0.2, 0.25) is 0 Å². The number of piperidine rings is 1. The lowest BCUT2D eigenvalue weighted by atomic mass is 9.86. The van der Waals surface area contributed by atoms with Gasteiger partial charge in [0.25, 0.3) is 0 Å². The second-order valence-corrected chi connectivity index (χ2v) is 8.23. The number of hydrogen-bond donors (Lipinski definition) is 0. The first kappa shape index (κ1) is 17.8. The van der Waals surface area contributed by atoms with E-state index in [0.717, 1.165) is 49.5 Å². The molecule has 2 aliphatic carbocycles. The van der Waals surface area contributed by atoms with Gasteiger partial charge in [0.05, 0.1) is 12.1 Å². The second-order valence-electron chi connectivity index (χ2n) is 8.23. The molecule has 0 aromatic carbocycles. The van der Waals surface area contributed by atoms with Gasteiger partial charge in [0.15, 0.2) is 0 Å². The molecule has 0 spiro atoms. The van der Waals surface area contributed by atoms with E-state index >= 15 is 0 Å². The Morgan fingerprint density at radius 3 is 2.54 bits per heavy atom. The Bertz CT molecular complexity index is 604. The lowest BCUT2D eigenvalue weighted by molar-refractivity contribution is -0.0482. The van der Waals surface area contributed by atoms with Crippen LogP contribution < -0.4 is 0 Å². The summed E-state index contributed by atoms with van der Waals surface area (Å²) in [6.45, 7) is 9.12. The highest BCUT2D eigenvalue weighted by Crippen LogP contribution is 2.39. The van der Waals surface area contributed by atoms with E-state index in [1.807, 2.05) is 5.01 Å². The molecule has 1 atom stereocenters. The van der Waals surface area contributed by atoms with Gasteiger partial charge in [0.2, 0.25) is 5.92 Å². The molecule has 2 aliphatic heterocycles. The molecule has 0 bridgehead atoms. The van der Waals surface area contributed by atoms with Gasteiger partial charge in [-0.3, -0.25) is 0 Å². The maximum absolute atomic E-state index is 13.4. The maximum Gasteiger partial charge on any atom is 0.248 e. The van der Waals surface area contributed by atoms with Crippen molar-refractivity contribution in [2.45, 2.75) is 82.3 Å². The zero-order valence-electron chi connectivity index (χ0n) is 15.4. The number of halogens is 2. The Morgan fingerprint density at radius 1 is 1.15 bits per heavy atom. The third-order valence-electron chi connectivity index (χ3n) is 6.29. The molecular formula is C20H29F2N3O. The number of rotatable bonds is 5. The molecule has 0 amide bonds. The normalized spacial score (nSPS) is 29.2. The second kappa shape index (κ2) is 6.86. The molecule has 0 radical (unpaired) electrons. The molecule has 0 aromatic rings. The molecule has 4 nitrogen and oxygen atoms in total. The summed E-state index contributed by atoms with van der Waals surface area (Å²) in [4.78, 5) is 2.17.